The number of benzene rings is 1. The predicted molar refractivity (Wildman–Crippen MR) is 106 cm³/mol. The van der Waals surface area contributed by atoms with Crippen LogP contribution in [0.15, 0.2) is 36.5 Å². The lowest BCUT2D eigenvalue weighted by Gasteiger charge is -2.38. The van der Waals surface area contributed by atoms with E-state index in [0.29, 0.717) is 31.5 Å². The van der Waals surface area contributed by atoms with Crippen LogP contribution in [0.2, 0.25) is 0 Å². The van der Waals surface area contributed by atoms with E-state index in [2.05, 4.69) is 9.88 Å². The topological polar surface area (TPSA) is 80.5 Å². The van der Waals surface area contributed by atoms with Gasteiger partial charge in [-0.05, 0) is 49.6 Å². The van der Waals surface area contributed by atoms with Crippen LogP contribution in [0.5, 0.6) is 0 Å². The van der Waals surface area contributed by atoms with Crippen molar-refractivity contribution in [3.63, 3.8) is 0 Å². The summed E-state index contributed by atoms with van der Waals surface area (Å²) in [5.74, 6) is 0.457. The van der Waals surface area contributed by atoms with E-state index in [0.717, 1.165) is 28.2 Å². The zero-order chi connectivity index (χ0) is 19.9. The molecule has 28 heavy (non-hydrogen) atoms. The Morgan fingerprint density at radius 3 is 2.61 bits per heavy atom. The Balaban J connectivity index is 1.57. The van der Waals surface area contributed by atoms with Gasteiger partial charge in [-0.1, -0.05) is 6.07 Å². The van der Waals surface area contributed by atoms with Crippen LogP contribution in [0.25, 0.3) is 11.0 Å². The summed E-state index contributed by atoms with van der Waals surface area (Å²) < 4.78 is 6.81. The fourth-order valence-electron chi connectivity index (χ4n) is 3.79. The molecule has 0 radical (unpaired) electrons. The molecule has 0 atom stereocenters. The molecule has 0 aliphatic carbocycles. The predicted octanol–water partition coefficient (Wildman–Crippen LogP) is 2.55. The molecule has 1 aromatic carbocycles. The lowest BCUT2D eigenvalue weighted by atomic mass is 9.87. The molecular weight excluding hydrogens is 356 g/mol. The zero-order valence-electron chi connectivity index (χ0n) is 16.3. The summed E-state index contributed by atoms with van der Waals surface area (Å²) in [6.45, 7) is 3.33. The maximum Gasteiger partial charge on any atom is 0.337 e. The number of rotatable bonds is 3. The molecule has 0 saturated carbocycles. The number of methoxy groups -OCH3 is 1. The van der Waals surface area contributed by atoms with Crippen LogP contribution in [0.1, 0.15) is 34.5 Å². The molecule has 0 unspecified atom stereocenters. The monoisotopic (exact) mass is 380 g/mol. The molecule has 146 valence electrons. The number of nitrogens with zero attached hydrogens (tertiary/aromatic N) is 4. The number of hydrogen-bond donors (Lipinski definition) is 1. The summed E-state index contributed by atoms with van der Waals surface area (Å²) in [7, 11) is 3.33. The summed E-state index contributed by atoms with van der Waals surface area (Å²) >= 11 is 0. The van der Waals surface area contributed by atoms with Crippen molar-refractivity contribution in [2.75, 3.05) is 25.1 Å². The smallest absolute Gasteiger partial charge is 0.337 e. The first-order valence-corrected chi connectivity index (χ1v) is 9.36. The van der Waals surface area contributed by atoms with E-state index in [4.69, 9.17) is 9.72 Å². The summed E-state index contributed by atoms with van der Waals surface area (Å²) in [5.41, 5.74) is 3.08. The number of carbonyl (C=O) groups excluding carboxylic acids is 1. The Morgan fingerprint density at radius 1 is 1.21 bits per heavy atom. The van der Waals surface area contributed by atoms with Gasteiger partial charge in [0.2, 0.25) is 5.95 Å². The first kappa shape index (κ1) is 18.4. The van der Waals surface area contributed by atoms with Gasteiger partial charge in [-0.25, -0.2) is 9.78 Å². The number of carbonyl (C=O) groups is 1. The van der Waals surface area contributed by atoms with Crippen LogP contribution >= 0.6 is 0 Å². The Kier molecular flexibility index (Phi) is 4.55. The number of aliphatic hydroxyl groups is 1. The van der Waals surface area contributed by atoms with E-state index in [1.54, 1.807) is 18.3 Å². The quantitative estimate of drug-likeness (QED) is 0.704. The van der Waals surface area contributed by atoms with Gasteiger partial charge in [-0.2, -0.15) is 0 Å². The molecule has 1 N–H and O–H groups in total. The van der Waals surface area contributed by atoms with Gasteiger partial charge in [0.05, 0.1) is 29.4 Å². The molecule has 1 aliphatic heterocycles. The van der Waals surface area contributed by atoms with Crippen LogP contribution in [-0.2, 0) is 17.4 Å². The fourth-order valence-corrected chi connectivity index (χ4v) is 3.79. The Labute approximate surface area is 163 Å². The van der Waals surface area contributed by atoms with Gasteiger partial charge in [-0.15, -0.1) is 0 Å². The van der Waals surface area contributed by atoms with Gasteiger partial charge < -0.3 is 19.3 Å². The lowest BCUT2D eigenvalue weighted by molar-refractivity contribution is 0.00729. The average Bonchev–Trinajstić information content (AvgIpc) is 3.04. The fraction of sp³-hybridized carbons (Fsp3) is 0.381. The number of aryl methyl sites for hydroxylation is 2. The third-order valence-electron chi connectivity index (χ3n) is 5.54. The summed E-state index contributed by atoms with van der Waals surface area (Å²) in [6, 6.07) is 9.28. The number of piperidine rings is 1. The number of anilines is 1. The Morgan fingerprint density at radius 2 is 1.96 bits per heavy atom. The molecule has 0 amide bonds. The van der Waals surface area contributed by atoms with Crippen molar-refractivity contribution in [3.05, 3.63) is 53.3 Å². The molecule has 0 spiro atoms. The molecule has 1 fully saturated rings. The second-order valence-electron chi connectivity index (χ2n) is 7.41. The van der Waals surface area contributed by atoms with Crippen molar-refractivity contribution in [2.45, 2.75) is 25.4 Å². The van der Waals surface area contributed by atoms with Crippen molar-refractivity contribution in [3.8, 4) is 0 Å². The molecule has 1 aliphatic rings. The van der Waals surface area contributed by atoms with Crippen LogP contribution in [0, 0.1) is 6.92 Å². The van der Waals surface area contributed by atoms with Crippen molar-refractivity contribution in [1.29, 1.82) is 0 Å². The molecule has 0 bridgehead atoms. The van der Waals surface area contributed by atoms with Crippen LogP contribution < -0.4 is 4.90 Å². The molecule has 1 saturated heterocycles. The van der Waals surface area contributed by atoms with Gasteiger partial charge >= 0.3 is 5.97 Å². The highest BCUT2D eigenvalue weighted by molar-refractivity contribution is 5.94. The molecule has 2 aromatic heterocycles. The molecule has 4 rings (SSSR count). The average molecular weight is 380 g/mol. The van der Waals surface area contributed by atoms with E-state index < -0.39 is 5.60 Å². The Hall–Kier alpha value is -2.93. The number of hydrogen-bond acceptors (Lipinski definition) is 6. The van der Waals surface area contributed by atoms with Gasteiger partial charge in [0, 0.05) is 26.3 Å². The van der Waals surface area contributed by atoms with Crippen molar-refractivity contribution in [2.24, 2.45) is 7.05 Å². The normalized spacial score (nSPS) is 16.4. The lowest BCUT2D eigenvalue weighted by Crippen LogP contribution is -2.44. The Bertz CT molecular complexity index is 1020. The number of esters is 1. The third-order valence-corrected chi connectivity index (χ3v) is 5.54. The first-order chi connectivity index (χ1) is 13.4. The standard InChI is InChI=1S/C21H24N4O3/c1-14-4-7-18(22-13-14)21(27)8-10-25(11-9-21)20-23-16-12-15(19(26)28-3)5-6-17(16)24(20)2/h4-7,12-13,27H,8-11H2,1-3H3. The van der Waals surface area contributed by atoms with Crippen molar-refractivity contribution in [1.82, 2.24) is 14.5 Å². The van der Waals surface area contributed by atoms with E-state index >= 15 is 0 Å². The zero-order valence-corrected chi connectivity index (χ0v) is 16.3. The number of ether oxygens (including phenoxy) is 1. The van der Waals surface area contributed by atoms with Gasteiger partial charge in [0.25, 0.3) is 0 Å². The molecular formula is C21H24N4O3. The second kappa shape index (κ2) is 6.91. The molecule has 3 heterocycles. The minimum Gasteiger partial charge on any atom is -0.465 e. The SMILES string of the molecule is COC(=O)c1ccc2c(c1)nc(N1CCC(O)(c3ccc(C)cn3)CC1)n2C. The van der Waals surface area contributed by atoms with E-state index in [9.17, 15) is 9.90 Å². The van der Waals surface area contributed by atoms with Crippen molar-refractivity contribution >= 4 is 23.0 Å². The largest absolute Gasteiger partial charge is 0.465 e. The first-order valence-electron chi connectivity index (χ1n) is 9.36. The summed E-state index contributed by atoms with van der Waals surface area (Å²) in [4.78, 5) is 23.1. The summed E-state index contributed by atoms with van der Waals surface area (Å²) in [6.07, 6.45) is 2.96. The third kappa shape index (κ3) is 3.11. The van der Waals surface area contributed by atoms with Crippen LogP contribution in [-0.4, -0.2) is 45.8 Å². The number of imidazole rings is 1. The highest BCUT2D eigenvalue weighted by atomic mass is 16.5. The van der Waals surface area contributed by atoms with Gasteiger partial charge in [0.15, 0.2) is 0 Å². The molecule has 3 aromatic rings. The van der Waals surface area contributed by atoms with Crippen LogP contribution in [0.4, 0.5) is 5.95 Å². The number of fused-ring (bicyclic) bond motifs is 1. The minimum absolute atomic E-state index is 0.372. The van der Waals surface area contributed by atoms with E-state index in [1.165, 1.54) is 7.11 Å². The van der Waals surface area contributed by atoms with Gasteiger partial charge in [-0.3, -0.25) is 4.98 Å². The van der Waals surface area contributed by atoms with Crippen molar-refractivity contribution < 1.29 is 14.6 Å². The highest BCUT2D eigenvalue weighted by Gasteiger charge is 2.36. The van der Waals surface area contributed by atoms with E-state index in [-0.39, 0.29) is 5.97 Å². The van der Waals surface area contributed by atoms with E-state index in [1.807, 2.05) is 36.7 Å². The highest BCUT2D eigenvalue weighted by Crippen LogP contribution is 2.34. The minimum atomic E-state index is -0.910. The maximum atomic E-state index is 11.8. The number of pyridine rings is 1. The van der Waals surface area contributed by atoms with Crippen LogP contribution in [0.3, 0.4) is 0 Å². The van der Waals surface area contributed by atoms with Gasteiger partial charge in [0.1, 0.15) is 5.60 Å². The summed E-state index contributed by atoms with van der Waals surface area (Å²) in [5, 5.41) is 11.1. The number of aromatic nitrogens is 3. The molecule has 7 heteroatoms. The molecule has 7 nitrogen and oxygen atoms in total. The second-order valence-corrected chi connectivity index (χ2v) is 7.41. The maximum absolute atomic E-state index is 11.8.